The number of halogens is 3. The normalized spacial score (nSPS) is 12.4. The molecule has 0 saturated heterocycles. The third-order valence-corrected chi connectivity index (χ3v) is 0.877. The molecule has 0 aliphatic carbocycles. The molecule has 0 saturated carbocycles. The van der Waals surface area contributed by atoms with Gasteiger partial charge in [-0.1, -0.05) is 0 Å². The van der Waals surface area contributed by atoms with E-state index in [1.807, 2.05) is 0 Å². The predicted octanol–water partition coefficient (Wildman–Crippen LogP) is 0.0132. The van der Waals surface area contributed by atoms with Crippen LogP contribution in [-0.2, 0) is 10.1 Å². The van der Waals surface area contributed by atoms with Gasteiger partial charge in [0.1, 0.15) is 0 Å². The average molecular weight is 189 g/mol. The van der Waals surface area contributed by atoms with Crippen LogP contribution in [0.1, 0.15) is 0 Å². The average Bonchev–Trinajstić information content (AvgIpc) is 1.25. The van der Waals surface area contributed by atoms with E-state index in [0.29, 0.717) is 0 Å². The summed E-state index contributed by atoms with van der Waals surface area (Å²) in [6, 6.07) is 0. The van der Waals surface area contributed by atoms with Crippen molar-refractivity contribution in [3.05, 3.63) is 0 Å². The monoisotopic (exact) mass is 189 g/mol. The number of rotatable bonds is 0. The molecule has 0 bridgehead atoms. The van der Waals surface area contributed by atoms with Gasteiger partial charge < -0.3 is 0 Å². The Bertz CT molecular complexity index is 168. The standard InChI is InChI=1S/CHF3O3S.K/c2-1(3,4)8(5,6)7;/h(H,5,6,7);. The molecule has 9 heavy (non-hydrogen) atoms. The summed E-state index contributed by atoms with van der Waals surface area (Å²) in [6.07, 6.45) is 0. The van der Waals surface area contributed by atoms with Crippen LogP contribution < -0.4 is 0 Å². The summed E-state index contributed by atoms with van der Waals surface area (Å²) in [5.41, 5.74) is -5.53. The van der Waals surface area contributed by atoms with Gasteiger partial charge in [0.25, 0.3) is 0 Å². The van der Waals surface area contributed by atoms with Crippen LogP contribution in [-0.4, -0.2) is 69.9 Å². The Kier molecular flexibility index (Phi) is 5.26. The van der Waals surface area contributed by atoms with Crippen LogP contribution in [0.4, 0.5) is 13.2 Å². The molecular weight excluding hydrogens is 188 g/mol. The number of hydrogen-bond donors (Lipinski definition) is 1. The summed E-state index contributed by atoms with van der Waals surface area (Å²) in [5, 5.41) is 0. The Morgan fingerprint density at radius 2 is 1.33 bits per heavy atom. The van der Waals surface area contributed by atoms with Gasteiger partial charge in [-0.05, 0) is 0 Å². The first kappa shape index (κ1) is 13.0. The van der Waals surface area contributed by atoms with Crippen LogP contribution in [0.25, 0.3) is 0 Å². The van der Waals surface area contributed by atoms with Gasteiger partial charge in [-0.15, -0.1) is 0 Å². The quantitative estimate of drug-likeness (QED) is 0.332. The van der Waals surface area contributed by atoms with Crippen molar-refractivity contribution in [1.82, 2.24) is 0 Å². The summed E-state index contributed by atoms with van der Waals surface area (Å²) in [4.78, 5) is 0. The molecule has 3 nitrogen and oxygen atoms in total. The SMILES string of the molecule is O=S(=O)(O)C(F)(F)F.[K]. The summed E-state index contributed by atoms with van der Waals surface area (Å²) in [5.74, 6) is 0. The summed E-state index contributed by atoms with van der Waals surface area (Å²) >= 11 is 0. The van der Waals surface area contributed by atoms with Crippen LogP contribution in [0.2, 0.25) is 0 Å². The molecule has 0 atom stereocenters. The second-order valence-corrected chi connectivity index (χ2v) is 2.33. The Morgan fingerprint density at radius 3 is 1.33 bits per heavy atom. The van der Waals surface area contributed by atoms with Crippen molar-refractivity contribution in [1.29, 1.82) is 0 Å². The van der Waals surface area contributed by atoms with Gasteiger partial charge in [-0.2, -0.15) is 21.6 Å². The summed E-state index contributed by atoms with van der Waals surface area (Å²) < 4.78 is 57.5. The predicted molar refractivity (Wildman–Crippen MR) is 23.4 cm³/mol. The van der Waals surface area contributed by atoms with Crippen molar-refractivity contribution < 1.29 is 26.1 Å². The molecule has 0 amide bonds. The second-order valence-electron chi connectivity index (χ2n) is 0.921. The van der Waals surface area contributed by atoms with Crippen molar-refractivity contribution in [2.45, 2.75) is 5.51 Å². The first-order chi connectivity index (χ1) is 3.25. The molecule has 0 aliphatic rings. The Hall–Kier alpha value is 1.34. The summed E-state index contributed by atoms with van der Waals surface area (Å²) in [6.45, 7) is 0. The minimum Gasteiger partial charge on any atom is -0.279 e. The smallest absolute Gasteiger partial charge is 0.279 e. The molecule has 0 rings (SSSR count). The van der Waals surface area contributed by atoms with Gasteiger partial charge in [0.05, 0.1) is 0 Å². The minimum atomic E-state index is -5.84. The molecule has 0 aromatic carbocycles. The van der Waals surface area contributed by atoms with Crippen LogP contribution in [0, 0.1) is 0 Å². The van der Waals surface area contributed by atoms with Crippen LogP contribution in [0.5, 0.6) is 0 Å². The van der Waals surface area contributed by atoms with Gasteiger partial charge in [0.2, 0.25) is 0 Å². The van der Waals surface area contributed by atoms with Crippen LogP contribution in [0.3, 0.4) is 0 Å². The largest absolute Gasteiger partial charge is 0.522 e. The molecule has 0 spiro atoms. The summed E-state index contributed by atoms with van der Waals surface area (Å²) in [7, 11) is -5.84. The third-order valence-electron chi connectivity index (χ3n) is 0.292. The molecule has 0 unspecified atom stereocenters. The van der Waals surface area contributed by atoms with Crippen LogP contribution in [0.15, 0.2) is 0 Å². The van der Waals surface area contributed by atoms with Crippen molar-refractivity contribution >= 4 is 61.5 Å². The molecule has 0 aromatic heterocycles. The van der Waals surface area contributed by atoms with E-state index in [1.54, 1.807) is 0 Å². The van der Waals surface area contributed by atoms with Crippen LogP contribution >= 0.6 is 0 Å². The number of alkyl halides is 3. The van der Waals surface area contributed by atoms with Crippen molar-refractivity contribution in [3.8, 4) is 0 Å². The van der Waals surface area contributed by atoms with Crippen molar-refractivity contribution in [2.75, 3.05) is 0 Å². The molecular formula is CHF3KO3S. The molecule has 51 valence electrons. The maximum Gasteiger partial charge on any atom is 0.522 e. The minimum absolute atomic E-state index is 0. The van der Waals surface area contributed by atoms with Gasteiger partial charge in [0, 0.05) is 51.4 Å². The fraction of sp³-hybridized carbons (Fsp3) is 1.00. The van der Waals surface area contributed by atoms with Crippen molar-refractivity contribution in [2.24, 2.45) is 0 Å². The first-order valence-corrected chi connectivity index (χ1v) is 2.73. The fourth-order valence-corrected chi connectivity index (χ4v) is 0. The zero-order valence-corrected chi connectivity index (χ0v) is 8.25. The second kappa shape index (κ2) is 3.65. The molecule has 0 aliphatic heterocycles. The molecule has 1 radical (unpaired) electrons. The van der Waals surface area contributed by atoms with E-state index >= 15 is 0 Å². The molecule has 0 heterocycles. The topological polar surface area (TPSA) is 54.4 Å². The van der Waals surface area contributed by atoms with Gasteiger partial charge in [-0.25, -0.2) is 0 Å². The van der Waals surface area contributed by atoms with E-state index in [4.69, 9.17) is 13.0 Å². The van der Waals surface area contributed by atoms with Crippen molar-refractivity contribution in [3.63, 3.8) is 0 Å². The molecule has 0 aromatic rings. The third kappa shape index (κ3) is 4.70. The van der Waals surface area contributed by atoms with E-state index in [1.165, 1.54) is 0 Å². The van der Waals surface area contributed by atoms with E-state index < -0.39 is 15.6 Å². The zero-order chi connectivity index (χ0) is 7.00. The van der Waals surface area contributed by atoms with Gasteiger partial charge >= 0.3 is 15.6 Å². The molecule has 1 N–H and O–H groups in total. The Morgan fingerprint density at radius 1 is 1.22 bits per heavy atom. The van der Waals surface area contributed by atoms with E-state index in [-0.39, 0.29) is 51.4 Å². The fourth-order valence-electron chi connectivity index (χ4n) is 0. The molecule has 8 heteroatoms. The van der Waals surface area contributed by atoms with E-state index in [9.17, 15) is 13.2 Å². The Labute approximate surface area is 91.8 Å². The zero-order valence-electron chi connectivity index (χ0n) is 4.31. The van der Waals surface area contributed by atoms with Gasteiger partial charge in [-0.3, -0.25) is 4.55 Å². The Balaban J connectivity index is 0. The molecule has 0 fully saturated rings. The maximum atomic E-state index is 10.7. The maximum absolute atomic E-state index is 10.7. The van der Waals surface area contributed by atoms with E-state index in [2.05, 4.69) is 0 Å². The number of hydrogen-bond acceptors (Lipinski definition) is 2. The van der Waals surface area contributed by atoms with E-state index in [0.717, 1.165) is 0 Å². The first-order valence-electron chi connectivity index (χ1n) is 1.29. The van der Waals surface area contributed by atoms with Gasteiger partial charge in [0.15, 0.2) is 0 Å².